The number of anilines is 2. The van der Waals surface area contributed by atoms with Crippen molar-refractivity contribution in [2.45, 2.75) is 6.92 Å². The number of nitrogen functional groups attached to an aromatic ring is 1. The highest BCUT2D eigenvalue weighted by atomic mass is 32.2. The number of rotatable bonds is 5. The second-order valence-electron chi connectivity index (χ2n) is 3.37. The second-order valence-corrected chi connectivity index (χ2v) is 4.48. The number of aryl methyl sites for hydroxylation is 1. The molecule has 0 amide bonds. The number of hydrogen-bond donors (Lipinski definition) is 2. The van der Waals surface area contributed by atoms with Crippen LogP contribution in [0.5, 0.6) is 0 Å². The Hall–Kier alpha value is -1.34. The van der Waals surface area contributed by atoms with Gasteiger partial charge in [0.15, 0.2) is 0 Å². The summed E-state index contributed by atoms with van der Waals surface area (Å²) in [5, 5.41) is 3.16. The maximum atomic E-state index is 13.1. The van der Waals surface area contributed by atoms with Gasteiger partial charge in [-0.1, -0.05) is 5.92 Å². The fraction of sp³-hybridized carbons (Fsp3) is 0.333. The summed E-state index contributed by atoms with van der Waals surface area (Å²) in [4.78, 5) is 0. The Balaban J connectivity index is 2.48. The number of terminal acetylenes is 1. The average Bonchev–Trinajstić information content (AvgIpc) is 2.25. The molecule has 1 aromatic carbocycles. The molecule has 0 aromatic heterocycles. The first-order valence-corrected chi connectivity index (χ1v) is 6.11. The van der Waals surface area contributed by atoms with E-state index in [9.17, 15) is 4.39 Å². The first kappa shape index (κ1) is 12.7. The molecule has 0 aliphatic heterocycles. The van der Waals surface area contributed by atoms with Crippen LogP contribution < -0.4 is 11.1 Å². The lowest BCUT2D eigenvalue weighted by molar-refractivity contribution is 0.619. The Morgan fingerprint density at radius 2 is 2.31 bits per heavy atom. The molecule has 0 spiro atoms. The zero-order chi connectivity index (χ0) is 12.0. The van der Waals surface area contributed by atoms with Crippen molar-refractivity contribution in [3.63, 3.8) is 0 Å². The highest BCUT2D eigenvalue weighted by Crippen LogP contribution is 2.22. The molecule has 0 unspecified atom stereocenters. The summed E-state index contributed by atoms with van der Waals surface area (Å²) in [6.07, 6.45) is 5.13. The van der Waals surface area contributed by atoms with Crippen LogP contribution in [0.15, 0.2) is 12.1 Å². The standard InChI is InChI=1S/C12H15FN2S/c1-3-5-16-6-4-15-12-7-9(2)10(13)8-11(12)14/h1,7-8,15H,4-6,14H2,2H3. The molecule has 1 rings (SSSR count). The SMILES string of the molecule is C#CCSCCNc1cc(C)c(F)cc1N. The van der Waals surface area contributed by atoms with Crippen molar-refractivity contribution in [2.24, 2.45) is 0 Å². The number of halogens is 1. The topological polar surface area (TPSA) is 38.0 Å². The lowest BCUT2D eigenvalue weighted by atomic mass is 10.2. The molecule has 0 bridgehead atoms. The summed E-state index contributed by atoms with van der Waals surface area (Å²) < 4.78 is 13.1. The van der Waals surface area contributed by atoms with Crippen LogP contribution >= 0.6 is 11.8 Å². The lowest BCUT2D eigenvalue weighted by Gasteiger charge is -2.10. The van der Waals surface area contributed by atoms with Gasteiger partial charge in [-0.25, -0.2) is 4.39 Å². The highest BCUT2D eigenvalue weighted by Gasteiger charge is 2.03. The molecule has 0 fully saturated rings. The summed E-state index contributed by atoms with van der Waals surface area (Å²) in [7, 11) is 0. The largest absolute Gasteiger partial charge is 0.397 e. The van der Waals surface area contributed by atoms with Gasteiger partial charge < -0.3 is 11.1 Å². The van der Waals surface area contributed by atoms with E-state index in [2.05, 4.69) is 11.2 Å². The van der Waals surface area contributed by atoms with E-state index in [0.717, 1.165) is 18.0 Å². The Kier molecular flexibility index (Phi) is 5.00. The van der Waals surface area contributed by atoms with Gasteiger partial charge >= 0.3 is 0 Å². The van der Waals surface area contributed by atoms with E-state index in [1.165, 1.54) is 6.07 Å². The Morgan fingerprint density at radius 3 is 3.00 bits per heavy atom. The van der Waals surface area contributed by atoms with Crippen LogP contribution in [0, 0.1) is 25.1 Å². The Morgan fingerprint density at radius 1 is 1.56 bits per heavy atom. The monoisotopic (exact) mass is 238 g/mol. The predicted molar refractivity (Wildman–Crippen MR) is 70.2 cm³/mol. The fourth-order valence-corrected chi connectivity index (χ4v) is 1.75. The number of nitrogens with one attached hydrogen (secondary N) is 1. The molecule has 0 atom stereocenters. The van der Waals surface area contributed by atoms with E-state index in [1.807, 2.05) is 0 Å². The van der Waals surface area contributed by atoms with Crippen molar-refractivity contribution in [2.75, 3.05) is 29.1 Å². The third kappa shape index (κ3) is 3.67. The lowest BCUT2D eigenvalue weighted by Crippen LogP contribution is -2.07. The number of nitrogens with two attached hydrogens (primary N) is 1. The normalized spacial score (nSPS) is 9.81. The van der Waals surface area contributed by atoms with Crippen molar-refractivity contribution in [3.05, 3.63) is 23.5 Å². The summed E-state index contributed by atoms with van der Waals surface area (Å²) in [5.41, 5.74) is 7.49. The average molecular weight is 238 g/mol. The predicted octanol–water partition coefficient (Wildman–Crippen LogP) is 2.49. The van der Waals surface area contributed by atoms with Crippen molar-refractivity contribution in [1.29, 1.82) is 0 Å². The van der Waals surface area contributed by atoms with Crippen LogP contribution in [0.1, 0.15) is 5.56 Å². The van der Waals surface area contributed by atoms with Gasteiger partial charge in [0.1, 0.15) is 5.82 Å². The van der Waals surface area contributed by atoms with Gasteiger partial charge in [0.05, 0.1) is 17.1 Å². The molecule has 3 N–H and O–H groups in total. The van der Waals surface area contributed by atoms with E-state index >= 15 is 0 Å². The van der Waals surface area contributed by atoms with Gasteiger partial charge in [0.2, 0.25) is 0 Å². The van der Waals surface area contributed by atoms with Crippen molar-refractivity contribution in [1.82, 2.24) is 0 Å². The molecule has 0 radical (unpaired) electrons. The first-order chi connectivity index (χ1) is 7.65. The first-order valence-electron chi connectivity index (χ1n) is 4.96. The minimum Gasteiger partial charge on any atom is -0.397 e. The summed E-state index contributed by atoms with van der Waals surface area (Å²) in [6.45, 7) is 2.48. The molecule has 4 heteroatoms. The van der Waals surface area contributed by atoms with Gasteiger partial charge in [-0.3, -0.25) is 0 Å². The number of benzene rings is 1. The molecule has 2 nitrogen and oxygen atoms in total. The molecular formula is C12H15FN2S. The molecule has 1 aromatic rings. The Bertz CT molecular complexity index is 399. The maximum Gasteiger partial charge on any atom is 0.128 e. The van der Waals surface area contributed by atoms with Crippen LogP contribution in [-0.4, -0.2) is 18.1 Å². The highest BCUT2D eigenvalue weighted by molar-refractivity contribution is 7.99. The molecule has 0 aliphatic rings. The minimum absolute atomic E-state index is 0.273. The van der Waals surface area contributed by atoms with E-state index in [0.29, 0.717) is 17.0 Å². The van der Waals surface area contributed by atoms with Crippen LogP contribution in [0.3, 0.4) is 0 Å². The van der Waals surface area contributed by atoms with Crippen LogP contribution in [-0.2, 0) is 0 Å². The third-order valence-corrected chi connectivity index (χ3v) is 2.94. The molecule has 0 aliphatic carbocycles. The molecule has 16 heavy (non-hydrogen) atoms. The zero-order valence-electron chi connectivity index (χ0n) is 9.22. The summed E-state index contributed by atoms with van der Waals surface area (Å²) in [5.74, 6) is 3.89. The van der Waals surface area contributed by atoms with E-state index in [1.54, 1.807) is 24.8 Å². The zero-order valence-corrected chi connectivity index (χ0v) is 10.0. The minimum atomic E-state index is -0.273. The fourth-order valence-electron chi connectivity index (χ4n) is 1.24. The van der Waals surface area contributed by atoms with Crippen LogP contribution in [0.2, 0.25) is 0 Å². The van der Waals surface area contributed by atoms with Crippen molar-refractivity contribution in [3.8, 4) is 12.3 Å². The second kappa shape index (κ2) is 6.29. The third-order valence-electron chi connectivity index (χ3n) is 2.08. The number of hydrogen-bond acceptors (Lipinski definition) is 3. The van der Waals surface area contributed by atoms with Crippen LogP contribution in [0.25, 0.3) is 0 Å². The smallest absolute Gasteiger partial charge is 0.128 e. The van der Waals surface area contributed by atoms with Gasteiger partial charge in [-0.15, -0.1) is 18.2 Å². The van der Waals surface area contributed by atoms with Crippen molar-refractivity contribution >= 4 is 23.1 Å². The molecule has 0 saturated heterocycles. The molecular weight excluding hydrogens is 223 g/mol. The quantitative estimate of drug-likeness (QED) is 0.470. The Labute approximate surface area is 99.8 Å². The van der Waals surface area contributed by atoms with E-state index in [-0.39, 0.29) is 5.82 Å². The summed E-state index contributed by atoms with van der Waals surface area (Å²) >= 11 is 1.67. The molecule has 0 heterocycles. The summed E-state index contributed by atoms with van der Waals surface area (Å²) in [6, 6.07) is 3.06. The number of thioether (sulfide) groups is 1. The van der Waals surface area contributed by atoms with Gasteiger partial charge in [0.25, 0.3) is 0 Å². The van der Waals surface area contributed by atoms with Gasteiger partial charge in [-0.05, 0) is 24.6 Å². The van der Waals surface area contributed by atoms with Crippen molar-refractivity contribution < 1.29 is 4.39 Å². The molecule has 86 valence electrons. The van der Waals surface area contributed by atoms with Gasteiger partial charge in [0, 0.05) is 12.3 Å². The molecule has 0 saturated carbocycles. The van der Waals surface area contributed by atoms with E-state index < -0.39 is 0 Å². The maximum absolute atomic E-state index is 13.1. The van der Waals surface area contributed by atoms with Crippen LogP contribution in [0.4, 0.5) is 15.8 Å². The van der Waals surface area contributed by atoms with Gasteiger partial charge in [-0.2, -0.15) is 0 Å². The van der Waals surface area contributed by atoms with E-state index in [4.69, 9.17) is 12.2 Å².